The third-order valence-corrected chi connectivity index (χ3v) is 2.75. The largest absolute Gasteiger partial charge is 0.378 e. The molecule has 0 aromatic heterocycles. The van der Waals surface area contributed by atoms with E-state index in [0.29, 0.717) is 17.6 Å². The molecule has 0 N–H and O–H groups in total. The van der Waals surface area contributed by atoms with Crippen LogP contribution in [0.1, 0.15) is 46.5 Å². The lowest BCUT2D eigenvalue weighted by Crippen LogP contribution is -2.33. The average Bonchev–Trinajstić information content (AvgIpc) is 2.60. The van der Waals surface area contributed by atoms with E-state index in [-0.39, 0.29) is 25.4 Å². The van der Waals surface area contributed by atoms with Gasteiger partial charge in [-0.1, -0.05) is 13.8 Å². The van der Waals surface area contributed by atoms with Gasteiger partial charge >= 0.3 is 5.97 Å². The first-order valence-corrected chi connectivity index (χ1v) is 6.58. The number of nitrogens with zero attached hydrogens (tertiary/aromatic N) is 1. The normalized spacial score (nSPS) is 17.2. The lowest BCUT2D eigenvalue weighted by atomic mass is 10.1. The SMILES string of the molecule is CC(C)CCOC(C)CC(=O)ON1C(=O)CCC1=O. The third-order valence-electron chi connectivity index (χ3n) is 2.75. The molecular formula is C13H21NO5. The number of hydrogen-bond acceptors (Lipinski definition) is 5. The summed E-state index contributed by atoms with van der Waals surface area (Å²) in [6, 6.07) is 0. The Hall–Kier alpha value is -1.43. The Morgan fingerprint density at radius 1 is 1.21 bits per heavy atom. The van der Waals surface area contributed by atoms with Crippen LogP contribution in [0.15, 0.2) is 0 Å². The minimum absolute atomic E-state index is 0.0230. The highest BCUT2D eigenvalue weighted by molar-refractivity contribution is 6.01. The van der Waals surface area contributed by atoms with E-state index >= 15 is 0 Å². The minimum Gasteiger partial charge on any atom is -0.378 e. The van der Waals surface area contributed by atoms with Crippen molar-refractivity contribution >= 4 is 17.8 Å². The first-order chi connectivity index (χ1) is 8.90. The van der Waals surface area contributed by atoms with Crippen LogP contribution in [0.25, 0.3) is 0 Å². The molecule has 1 heterocycles. The Labute approximate surface area is 113 Å². The molecule has 1 unspecified atom stereocenters. The second-order valence-electron chi connectivity index (χ2n) is 5.11. The summed E-state index contributed by atoms with van der Waals surface area (Å²) in [4.78, 5) is 38.8. The Bertz CT molecular complexity index is 337. The standard InChI is InChI=1S/C13H21NO5/c1-9(2)6-7-18-10(3)8-13(17)19-14-11(15)4-5-12(14)16/h9-10H,4-8H2,1-3H3. The molecule has 1 rings (SSSR count). The number of rotatable bonds is 7. The van der Waals surface area contributed by atoms with E-state index in [9.17, 15) is 14.4 Å². The van der Waals surface area contributed by atoms with Crippen LogP contribution in [0.5, 0.6) is 0 Å². The van der Waals surface area contributed by atoms with E-state index in [2.05, 4.69) is 13.8 Å². The van der Waals surface area contributed by atoms with Crippen LogP contribution in [0, 0.1) is 5.92 Å². The van der Waals surface area contributed by atoms with Crippen LogP contribution in [-0.2, 0) is 24.0 Å². The number of ether oxygens (including phenoxy) is 1. The van der Waals surface area contributed by atoms with Crippen molar-refractivity contribution in [3.63, 3.8) is 0 Å². The summed E-state index contributed by atoms with van der Waals surface area (Å²) in [5.74, 6) is -1.02. The van der Waals surface area contributed by atoms with Crippen LogP contribution in [0.3, 0.4) is 0 Å². The zero-order chi connectivity index (χ0) is 14.4. The maximum Gasteiger partial charge on any atom is 0.335 e. The molecule has 1 saturated heterocycles. The predicted molar refractivity (Wildman–Crippen MR) is 66.7 cm³/mol. The van der Waals surface area contributed by atoms with E-state index in [1.54, 1.807) is 6.92 Å². The van der Waals surface area contributed by atoms with Gasteiger partial charge < -0.3 is 9.57 Å². The van der Waals surface area contributed by atoms with Gasteiger partial charge in [0.25, 0.3) is 11.8 Å². The highest BCUT2D eigenvalue weighted by Gasteiger charge is 2.33. The summed E-state index contributed by atoms with van der Waals surface area (Å²) < 4.78 is 5.45. The number of amides is 2. The summed E-state index contributed by atoms with van der Waals surface area (Å²) in [5.41, 5.74) is 0. The number of carbonyl (C=O) groups excluding carboxylic acids is 3. The summed E-state index contributed by atoms with van der Waals surface area (Å²) in [7, 11) is 0. The van der Waals surface area contributed by atoms with Gasteiger partial charge in [0.1, 0.15) is 0 Å². The van der Waals surface area contributed by atoms with Gasteiger partial charge in [0.2, 0.25) is 0 Å². The molecule has 6 nitrogen and oxygen atoms in total. The molecule has 1 atom stereocenters. The predicted octanol–water partition coefficient (Wildman–Crippen LogP) is 1.43. The fourth-order valence-electron chi connectivity index (χ4n) is 1.60. The van der Waals surface area contributed by atoms with Crippen molar-refractivity contribution in [1.82, 2.24) is 5.06 Å². The molecule has 0 radical (unpaired) electrons. The van der Waals surface area contributed by atoms with Crippen LogP contribution in [-0.4, -0.2) is 35.6 Å². The fourth-order valence-corrected chi connectivity index (χ4v) is 1.60. The number of imide groups is 1. The maximum absolute atomic E-state index is 11.5. The molecule has 0 aromatic carbocycles. The van der Waals surface area contributed by atoms with Gasteiger partial charge in [-0.2, -0.15) is 0 Å². The molecule has 108 valence electrons. The Kier molecular flexibility index (Phi) is 5.95. The van der Waals surface area contributed by atoms with Crippen molar-refractivity contribution in [3.8, 4) is 0 Å². The molecule has 6 heteroatoms. The van der Waals surface area contributed by atoms with E-state index in [0.717, 1.165) is 6.42 Å². The molecule has 0 spiro atoms. The molecule has 0 aliphatic carbocycles. The Morgan fingerprint density at radius 3 is 2.32 bits per heavy atom. The van der Waals surface area contributed by atoms with Gasteiger partial charge in [0.15, 0.2) is 0 Å². The quantitative estimate of drug-likeness (QED) is 0.655. The Morgan fingerprint density at radius 2 is 1.79 bits per heavy atom. The summed E-state index contributed by atoms with van der Waals surface area (Å²) in [6.07, 6.45) is 0.857. The molecule has 0 saturated carbocycles. The second-order valence-corrected chi connectivity index (χ2v) is 5.11. The number of hydroxylamine groups is 2. The topological polar surface area (TPSA) is 72.9 Å². The highest BCUT2D eigenvalue weighted by atomic mass is 16.7. The fraction of sp³-hybridized carbons (Fsp3) is 0.769. The first-order valence-electron chi connectivity index (χ1n) is 6.58. The molecule has 0 aromatic rings. The van der Waals surface area contributed by atoms with Gasteiger partial charge in [-0.3, -0.25) is 9.59 Å². The zero-order valence-electron chi connectivity index (χ0n) is 11.7. The number of carbonyl (C=O) groups is 3. The van der Waals surface area contributed by atoms with Crippen molar-refractivity contribution in [3.05, 3.63) is 0 Å². The molecule has 0 bridgehead atoms. The van der Waals surface area contributed by atoms with E-state index in [1.165, 1.54) is 0 Å². The van der Waals surface area contributed by atoms with Gasteiger partial charge in [0.05, 0.1) is 12.5 Å². The van der Waals surface area contributed by atoms with Gasteiger partial charge in [-0.05, 0) is 19.3 Å². The molecule has 1 aliphatic rings. The lowest BCUT2D eigenvalue weighted by Gasteiger charge is -2.16. The monoisotopic (exact) mass is 271 g/mol. The van der Waals surface area contributed by atoms with Crippen molar-refractivity contribution in [2.24, 2.45) is 5.92 Å². The van der Waals surface area contributed by atoms with Crippen LogP contribution < -0.4 is 0 Å². The van der Waals surface area contributed by atoms with Crippen molar-refractivity contribution in [2.75, 3.05) is 6.61 Å². The van der Waals surface area contributed by atoms with Crippen molar-refractivity contribution in [2.45, 2.75) is 52.6 Å². The molecule has 1 fully saturated rings. The van der Waals surface area contributed by atoms with Gasteiger partial charge in [-0.25, -0.2) is 4.79 Å². The van der Waals surface area contributed by atoms with Crippen molar-refractivity contribution < 1.29 is 24.0 Å². The molecule has 1 aliphatic heterocycles. The van der Waals surface area contributed by atoms with Gasteiger partial charge in [0, 0.05) is 19.4 Å². The smallest absolute Gasteiger partial charge is 0.335 e. The summed E-state index contributed by atoms with van der Waals surface area (Å²) in [5, 5.41) is 0.559. The van der Waals surface area contributed by atoms with Gasteiger partial charge in [-0.15, -0.1) is 5.06 Å². The van der Waals surface area contributed by atoms with E-state index < -0.39 is 17.8 Å². The maximum atomic E-state index is 11.5. The zero-order valence-corrected chi connectivity index (χ0v) is 11.7. The average molecular weight is 271 g/mol. The first kappa shape index (κ1) is 15.6. The molecular weight excluding hydrogens is 250 g/mol. The van der Waals surface area contributed by atoms with E-state index in [4.69, 9.17) is 9.57 Å². The third kappa shape index (κ3) is 5.38. The second kappa shape index (κ2) is 7.23. The van der Waals surface area contributed by atoms with Crippen LogP contribution >= 0.6 is 0 Å². The summed E-state index contributed by atoms with van der Waals surface area (Å²) >= 11 is 0. The van der Waals surface area contributed by atoms with E-state index in [1.807, 2.05) is 0 Å². The van der Waals surface area contributed by atoms with Crippen LogP contribution in [0.4, 0.5) is 0 Å². The minimum atomic E-state index is -0.624. The molecule has 2 amide bonds. The highest BCUT2D eigenvalue weighted by Crippen LogP contribution is 2.13. The Balaban J connectivity index is 2.26. The summed E-state index contributed by atoms with van der Waals surface area (Å²) in [6.45, 7) is 6.52. The van der Waals surface area contributed by atoms with Crippen molar-refractivity contribution in [1.29, 1.82) is 0 Å². The number of hydrogen-bond donors (Lipinski definition) is 0. The molecule has 19 heavy (non-hydrogen) atoms. The van der Waals surface area contributed by atoms with Crippen LogP contribution in [0.2, 0.25) is 0 Å². The lowest BCUT2D eigenvalue weighted by molar-refractivity contribution is -0.199.